The second kappa shape index (κ2) is 4.00. The minimum atomic E-state index is 0.654. The maximum absolute atomic E-state index is 5.72. The van der Waals surface area contributed by atoms with E-state index in [1.165, 1.54) is 0 Å². The summed E-state index contributed by atoms with van der Waals surface area (Å²) < 4.78 is 7.10. The molecule has 0 amide bonds. The molecule has 5 heteroatoms. The van der Waals surface area contributed by atoms with Crippen molar-refractivity contribution in [3.63, 3.8) is 0 Å². The molecular formula is C10H12N4O. The molecular weight excluding hydrogens is 192 g/mol. The second-order valence-corrected chi connectivity index (χ2v) is 3.21. The van der Waals surface area contributed by atoms with Gasteiger partial charge in [-0.1, -0.05) is 0 Å². The van der Waals surface area contributed by atoms with Crippen LogP contribution in [0, 0.1) is 0 Å². The van der Waals surface area contributed by atoms with Crippen LogP contribution in [0.25, 0.3) is 0 Å². The highest BCUT2D eigenvalue weighted by Crippen LogP contribution is 2.21. The summed E-state index contributed by atoms with van der Waals surface area (Å²) in [6.45, 7) is 0.654. The molecule has 1 aromatic carbocycles. The first-order chi connectivity index (χ1) is 7.29. The van der Waals surface area contributed by atoms with Gasteiger partial charge in [0.2, 0.25) is 0 Å². The molecule has 0 atom stereocenters. The number of hydrogen-bond donors (Lipinski definition) is 1. The van der Waals surface area contributed by atoms with E-state index < -0.39 is 0 Å². The number of hydrogen-bond acceptors (Lipinski definition) is 4. The predicted molar refractivity (Wildman–Crippen MR) is 56.5 cm³/mol. The Kier molecular flexibility index (Phi) is 2.53. The van der Waals surface area contributed by atoms with Crippen LogP contribution in [0.3, 0.4) is 0 Å². The highest BCUT2D eigenvalue weighted by Gasteiger charge is 2.03. The quantitative estimate of drug-likeness (QED) is 0.755. The van der Waals surface area contributed by atoms with Crippen molar-refractivity contribution in [1.82, 2.24) is 14.8 Å². The van der Waals surface area contributed by atoms with Gasteiger partial charge in [-0.2, -0.15) is 0 Å². The topological polar surface area (TPSA) is 66.0 Å². The van der Waals surface area contributed by atoms with E-state index in [1.54, 1.807) is 19.8 Å². The van der Waals surface area contributed by atoms with Gasteiger partial charge in [0.1, 0.15) is 18.4 Å². The first-order valence-corrected chi connectivity index (χ1v) is 4.54. The fourth-order valence-corrected chi connectivity index (χ4v) is 1.42. The van der Waals surface area contributed by atoms with Crippen molar-refractivity contribution in [3.05, 3.63) is 36.4 Å². The van der Waals surface area contributed by atoms with E-state index in [2.05, 4.69) is 10.2 Å². The van der Waals surface area contributed by atoms with Crippen LogP contribution >= 0.6 is 0 Å². The highest BCUT2D eigenvalue weighted by molar-refractivity contribution is 5.47. The Morgan fingerprint density at radius 1 is 1.33 bits per heavy atom. The van der Waals surface area contributed by atoms with E-state index in [1.807, 2.05) is 22.8 Å². The molecule has 2 aromatic rings. The number of nitrogen functional groups attached to an aromatic ring is 1. The number of nitrogens with zero attached hydrogens (tertiary/aromatic N) is 3. The number of methoxy groups -OCH3 is 1. The molecule has 0 bridgehead atoms. The standard InChI is InChI=1S/C10H12N4O/c1-15-10-3-2-9(11)4-8(10)5-14-6-12-13-7-14/h2-4,6-7H,5,11H2,1H3. The zero-order valence-corrected chi connectivity index (χ0v) is 8.42. The van der Waals surface area contributed by atoms with Gasteiger partial charge in [-0.15, -0.1) is 10.2 Å². The maximum atomic E-state index is 5.72. The van der Waals surface area contributed by atoms with E-state index in [0.29, 0.717) is 6.54 Å². The van der Waals surface area contributed by atoms with Gasteiger partial charge >= 0.3 is 0 Å². The Morgan fingerprint density at radius 2 is 2.07 bits per heavy atom. The number of aromatic nitrogens is 3. The van der Waals surface area contributed by atoms with E-state index in [4.69, 9.17) is 10.5 Å². The van der Waals surface area contributed by atoms with Gasteiger partial charge < -0.3 is 15.0 Å². The van der Waals surface area contributed by atoms with Gasteiger partial charge in [-0.3, -0.25) is 0 Å². The molecule has 0 unspecified atom stereocenters. The van der Waals surface area contributed by atoms with Gasteiger partial charge in [0.15, 0.2) is 0 Å². The summed E-state index contributed by atoms with van der Waals surface area (Å²) in [5.41, 5.74) is 7.45. The van der Waals surface area contributed by atoms with Crippen molar-refractivity contribution < 1.29 is 4.74 Å². The van der Waals surface area contributed by atoms with Crippen LogP contribution in [0.5, 0.6) is 5.75 Å². The SMILES string of the molecule is COc1ccc(N)cc1Cn1cnnc1. The molecule has 1 heterocycles. The molecule has 78 valence electrons. The minimum absolute atomic E-state index is 0.654. The van der Waals surface area contributed by atoms with E-state index in [0.717, 1.165) is 17.0 Å². The maximum Gasteiger partial charge on any atom is 0.124 e. The van der Waals surface area contributed by atoms with Gasteiger partial charge in [0.05, 0.1) is 13.7 Å². The predicted octanol–water partition coefficient (Wildman–Crippen LogP) is 0.917. The third-order valence-corrected chi connectivity index (χ3v) is 2.12. The molecule has 5 nitrogen and oxygen atoms in total. The van der Waals surface area contributed by atoms with Crippen molar-refractivity contribution in [1.29, 1.82) is 0 Å². The summed E-state index contributed by atoms with van der Waals surface area (Å²) in [6.07, 6.45) is 3.31. The zero-order chi connectivity index (χ0) is 10.7. The van der Waals surface area contributed by atoms with Crippen molar-refractivity contribution in [2.75, 3.05) is 12.8 Å². The highest BCUT2D eigenvalue weighted by atomic mass is 16.5. The normalized spacial score (nSPS) is 10.2. The van der Waals surface area contributed by atoms with Gasteiger partial charge in [-0.25, -0.2) is 0 Å². The second-order valence-electron chi connectivity index (χ2n) is 3.21. The minimum Gasteiger partial charge on any atom is -0.496 e. The third kappa shape index (κ3) is 2.07. The monoisotopic (exact) mass is 204 g/mol. The van der Waals surface area contributed by atoms with Crippen LogP contribution in [-0.4, -0.2) is 21.9 Å². The Bertz CT molecular complexity index is 439. The third-order valence-electron chi connectivity index (χ3n) is 2.12. The van der Waals surface area contributed by atoms with Crippen LogP contribution in [0.1, 0.15) is 5.56 Å². The van der Waals surface area contributed by atoms with Crippen LogP contribution < -0.4 is 10.5 Å². The van der Waals surface area contributed by atoms with Gasteiger partial charge in [0, 0.05) is 11.3 Å². The molecule has 15 heavy (non-hydrogen) atoms. The summed E-state index contributed by atoms with van der Waals surface area (Å²) in [5.74, 6) is 0.818. The average Bonchev–Trinajstić information content (AvgIpc) is 2.71. The van der Waals surface area contributed by atoms with Crippen LogP contribution in [-0.2, 0) is 6.54 Å². The Morgan fingerprint density at radius 3 is 2.73 bits per heavy atom. The summed E-state index contributed by atoms with van der Waals surface area (Å²) in [5, 5.41) is 7.47. The fraction of sp³-hybridized carbons (Fsp3) is 0.200. The first-order valence-electron chi connectivity index (χ1n) is 4.54. The number of rotatable bonds is 3. The summed E-state index contributed by atoms with van der Waals surface area (Å²) in [4.78, 5) is 0. The first kappa shape index (κ1) is 9.51. The molecule has 0 aliphatic rings. The van der Waals surface area contributed by atoms with Gasteiger partial charge in [-0.05, 0) is 18.2 Å². The summed E-state index contributed by atoms with van der Waals surface area (Å²) in [7, 11) is 1.64. The van der Waals surface area contributed by atoms with Crippen molar-refractivity contribution >= 4 is 5.69 Å². The number of benzene rings is 1. The van der Waals surface area contributed by atoms with E-state index in [9.17, 15) is 0 Å². The fourth-order valence-electron chi connectivity index (χ4n) is 1.42. The summed E-state index contributed by atoms with van der Waals surface area (Å²) >= 11 is 0. The average molecular weight is 204 g/mol. The Balaban J connectivity index is 2.30. The van der Waals surface area contributed by atoms with Crippen molar-refractivity contribution in [3.8, 4) is 5.75 Å². The summed E-state index contributed by atoms with van der Waals surface area (Å²) in [6, 6.07) is 5.56. The molecule has 0 fully saturated rings. The lowest BCUT2D eigenvalue weighted by Gasteiger charge is -2.09. The molecule has 0 spiro atoms. The van der Waals surface area contributed by atoms with E-state index in [-0.39, 0.29) is 0 Å². The Hall–Kier alpha value is -2.04. The number of anilines is 1. The molecule has 0 saturated heterocycles. The van der Waals surface area contributed by atoms with Crippen LogP contribution in [0.15, 0.2) is 30.9 Å². The lowest BCUT2D eigenvalue weighted by molar-refractivity contribution is 0.408. The molecule has 2 N–H and O–H groups in total. The van der Waals surface area contributed by atoms with E-state index >= 15 is 0 Å². The van der Waals surface area contributed by atoms with Gasteiger partial charge in [0.25, 0.3) is 0 Å². The Labute approximate surface area is 87.5 Å². The molecule has 2 rings (SSSR count). The number of nitrogens with two attached hydrogens (primary N) is 1. The molecule has 1 aromatic heterocycles. The molecule has 0 aliphatic heterocycles. The zero-order valence-electron chi connectivity index (χ0n) is 8.42. The van der Waals surface area contributed by atoms with Crippen molar-refractivity contribution in [2.24, 2.45) is 0 Å². The van der Waals surface area contributed by atoms with Crippen molar-refractivity contribution in [2.45, 2.75) is 6.54 Å². The smallest absolute Gasteiger partial charge is 0.124 e. The lowest BCUT2D eigenvalue weighted by Crippen LogP contribution is -2.00. The number of ether oxygens (including phenoxy) is 1. The largest absolute Gasteiger partial charge is 0.496 e. The molecule has 0 aliphatic carbocycles. The molecule has 0 radical (unpaired) electrons. The lowest BCUT2D eigenvalue weighted by atomic mass is 10.2. The molecule has 0 saturated carbocycles. The van der Waals surface area contributed by atoms with Crippen LogP contribution in [0.2, 0.25) is 0 Å². The van der Waals surface area contributed by atoms with Crippen LogP contribution in [0.4, 0.5) is 5.69 Å².